The first-order valence-corrected chi connectivity index (χ1v) is 8.43. The molecule has 23 heavy (non-hydrogen) atoms. The smallest absolute Gasteiger partial charge is 0.243 e. The van der Waals surface area contributed by atoms with E-state index in [0.717, 1.165) is 21.5 Å². The van der Waals surface area contributed by atoms with Crippen LogP contribution in [0, 0.1) is 0 Å². The van der Waals surface area contributed by atoms with Gasteiger partial charge in [-0.15, -0.1) is 0 Å². The van der Waals surface area contributed by atoms with Crippen molar-refractivity contribution >= 4 is 33.5 Å². The van der Waals surface area contributed by atoms with Crippen molar-refractivity contribution in [3.8, 4) is 0 Å². The van der Waals surface area contributed by atoms with E-state index in [1.54, 1.807) is 0 Å². The van der Waals surface area contributed by atoms with Gasteiger partial charge in [0.15, 0.2) is 0 Å². The van der Waals surface area contributed by atoms with Gasteiger partial charge in [0, 0.05) is 9.50 Å². The van der Waals surface area contributed by atoms with Crippen LogP contribution in [0.3, 0.4) is 0 Å². The van der Waals surface area contributed by atoms with Crippen LogP contribution in [0.15, 0.2) is 53.0 Å². The van der Waals surface area contributed by atoms with Crippen molar-refractivity contribution in [2.45, 2.75) is 18.5 Å². The first-order chi connectivity index (χ1) is 11.2. The number of fused-ring (bicyclic) bond motifs is 1. The first-order valence-electron chi connectivity index (χ1n) is 7.26. The number of hydrogen-bond donors (Lipinski definition) is 1. The van der Waals surface area contributed by atoms with Gasteiger partial charge >= 0.3 is 0 Å². The van der Waals surface area contributed by atoms with Gasteiger partial charge in [-0.1, -0.05) is 56.9 Å². The van der Waals surface area contributed by atoms with E-state index in [1.165, 1.54) is 5.56 Å². The highest BCUT2D eigenvalue weighted by molar-refractivity contribution is 9.10. The standard InChI is InChI=1S/C16H13BrClN5/c17-12-5-1-3-10(7-12)14-9-15(11-4-2-6-13(18)8-11)23-16(19-14)20-21-22-23/h1-8,14-15H,9H2,(H,19,20,22). The van der Waals surface area contributed by atoms with Crippen LogP contribution in [0.5, 0.6) is 0 Å². The Hall–Kier alpha value is -1.92. The summed E-state index contributed by atoms with van der Waals surface area (Å²) in [6, 6.07) is 16.3. The van der Waals surface area contributed by atoms with Crippen LogP contribution in [-0.4, -0.2) is 20.2 Å². The molecule has 2 aromatic carbocycles. The number of nitrogens with zero attached hydrogens (tertiary/aromatic N) is 4. The number of anilines is 1. The van der Waals surface area contributed by atoms with Gasteiger partial charge in [-0.2, -0.15) is 0 Å². The largest absolute Gasteiger partial charge is 0.346 e. The van der Waals surface area contributed by atoms with Gasteiger partial charge in [0.25, 0.3) is 0 Å². The van der Waals surface area contributed by atoms with E-state index < -0.39 is 0 Å². The number of aromatic nitrogens is 4. The molecule has 1 aromatic heterocycles. The molecule has 1 aliphatic heterocycles. The van der Waals surface area contributed by atoms with E-state index in [1.807, 2.05) is 35.0 Å². The third-order valence-corrected chi connectivity index (χ3v) is 4.76. The second kappa shape index (κ2) is 5.94. The Morgan fingerprint density at radius 3 is 2.78 bits per heavy atom. The molecule has 7 heteroatoms. The summed E-state index contributed by atoms with van der Waals surface area (Å²) in [6.45, 7) is 0. The molecule has 0 aliphatic carbocycles. The number of hydrogen-bond acceptors (Lipinski definition) is 4. The quantitative estimate of drug-likeness (QED) is 0.711. The number of nitrogens with one attached hydrogen (secondary N) is 1. The Kier molecular flexibility index (Phi) is 3.79. The molecule has 0 radical (unpaired) electrons. The summed E-state index contributed by atoms with van der Waals surface area (Å²) in [5, 5.41) is 16.2. The molecule has 116 valence electrons. The summed E-state index contributed by atoms with van der Waals surface area (Å²) in [5.41, 5.74) is 2.30. The number of tetrazole rings is 1. The van der Waals surface area contributed by atoms with Crippen molar-refractivity contribution in [1.82, 2.24) is 20.2 Å². The van der Waals surface area contributed by atoms with Crippen molar-refractivity contribution in [3.05, 3.63) is 69.2 Å². The minimum atomic E-state index is 0.0453. The molecule has 4 rings (SSSR count). The van der Waals surface area contributed by atoms with Crippen molar-refractivity contribution in [2.75, 3.05) is 5.32 Å². The zero-order chi connectivity index (χ0) is 15.8. The van der Waals surface area contributed by atoms with Crippen LogP contribution < -0.4 is 5.32 Å². The maximum absolute atomic E-state index is 6.16. The van der Waals surface area contributed by atoms with Crippen LogP contribution in [0.2, 0.25) is 5.02 Å². The Morgan fingerprint density at radius 1 is 1.13 bits per heavy atom. The molecule has 2 heterocycles. The minimum Gasteiger partial charge on any atom is -0.346 e. The van der Waals surface area contributed by atoms with Crippen molar-refractivity contribution in [2.24, 2.45) is 0 Å². The molecular formula is C16H13BrClN5. The van der Waals surface area contributed by atoms with Crippen LogP contribution in [0.1, 0.15) is 29.6 Å². The average Bonchev–Trinajstić information content (AvgIpc) is 3.02. The molecule has 0 amide bonds. The number of benzene rings is 2. The van der Waals surface area contributed by atoms with Gasteiger partial charge in [-0.25, -0.2) is 4.68 Å². The van der Waals surface area contributed by atoms with Crippen LogP contribution in [0.25, 0.3) is 0 Å². The fourth-order valence-corrected chi connectivity index (χ4v) is 3.59. The molecule has 0 spiro atoms. The summed E-state index contributed by atoms with van der Waals surface area (Å²) in [6.07, 6.45) is 0.842. The Balaban J connectivity index is 1.75. The van der Waals surface area contributed by atoms with Crippen LogP contribution in [0.4, 0.5) is 5.95 Å². The third kappa shape index (κ3) is 2.84. The lowest BCUT2D eigenvalue weighted by Gasteiger charge is -2.31. The van der Waals surface area contributed by atoms with Gasteiger partial charge in [-0.3, -0.25) is 0 Å². The molecule has 5 nitrogen and oxygen atoms in total. The predicted molar refractivity (Wildman–Crippen MR) is 92.5 cm³/mol. The fraction of sp³-hybridized carbons (Fsp3) is 0.188. The summed E-state index contributed by atoms with van der Waals surface area (Å²) in [7, 11) is 0. The highest BCUT2D eigenvalue weighted by Gasteiger charge is 2.30. The van der Waals surface area contributed by atoms with E-state index in [0.29, 0.717) is 5.95 Å². The van der Waals surface area contributed by atoms with E-state index in [9.17, 15) is 0 Å². The van der Waals surface area contributed by atoms with Crippen LogP contribution >= 0.6 is 27.5 Å². The maximum Gasteiger partial charge on any atom is 0.243 e. The molecule has 2 unspecified atom stereocenters. The van der Waals surface area contributed by atoms with E-state index in [-0.39, 0.29) is 12.1 Å². The maximum atomic E-state index is 6.16. The minimum absolute atomic E-state index is 0.0453. The molecule has 0 saturated heterocycles. The molecule has 3 aromatic rings. The fourth-order valence-electron chi connectivity index (χ4n) is 2.97. The third-order valence-electron chi connectivity index (χ3n) is 4.03. The Labute approximate surface area is 146 Å². The Morgan fingerprint density at radius 2 is 1.96 bits per heavy atom. The van der Waals surface area contributed by atoms with E-state index in [2.05, 4.69) is 55.0 Å². The molecule has 0 fully saturated rings. The van der Waals surface area contributed by atoms with Gasteiger partial charge in [0.2, 0.25) is 5.95 Å². The SMILES string of the molecule is Clc1cccc(C2CC(c3cccc(Br)c3)Nc3nnnn32)c1. The first kappa shape index (κ1) is 14.7. The normalized spacial score (nSPS) is 19.9. The molecule has 2 atom stereocenters. The number of halogens is 2. The lowest BCUT2D eigenvalue weighted by molar-refractivity contribution is 0.424. The second-order valence-corrected chi connectivity index (χ2v) is 6.86. The second-order valence-electron chi connectivity index (χ2n) is 5.51. The van der Waals surface area contributed by atoms with E-state index >= 15 is 0 Å². The zero-order valence-electron chi connectivity index (χ0n) is 12.0. The molecule has 1 N–H and O–H groups in total. The molecule has 0 bridgehead atoms. The summed E-state index contributed by atoms with van der Waals surface area (Å²) < 4.78 is 2.88. The zero-order valence-corrected chi connectivity index (χ0v) is 14.4. The highest BCUT2D eigenvalue weighted by Crippen LogP contribution is 2.37. The topological polar surface area (TPSA) is 55.6 Å². The molecular weight excluding hydrogens is 378 g/mol. The molecule has 1 aliphatic rings. The van der Waals surface area contributed by atoms with Gasteiger partial charge < -0.3 is 5.32 Å². The van der Waals surface area contributed by atoms with Gasteiger partial charge in [0.1, 0.15) is 0 Å². The lowest BCUT2D eigenvalue weighted by atomic mass is 9.93. The summed E-state index contributed by atoms with van der Waals surface area (Å²) in [4.78, 5) is 0. The molecule has 0 saturated carbocycles. The van der Waals surface area contributed by atoms with Crippen molar-refractivity contribution < 1.29 is 0 Å². The summed E-state index contributed by atoms with van der Waals surface area (Å²) in [5.74, 6) is 0.672. The van der Waals surface area contributed by atoms with Gasteiger partial charge in [0.05, 0.1) is 12.1 Å². The average molecular weight is 391 g/mol. The number of rotatable bonds is 2. The Bertz CT molecular complexity index is 850. The predicted octanol–water partition coefficient (Wildman–Crippen LogP) is 4.24. The monoisotopic (exact) mass is 389 g/mol. The van der Waals surface area contributed by atoms with E-state index in [4.69, 9.17) is 11.6 Å². The lowest BCUT2D eigenvalue weighted by Crippen LogP contribution is -2.28. The van der Waals surface area contributed by atoms with Crippen molar-refractivity contribution in [1.29, 1.82) is 0 Å². The summed E-state index contributed by atoms with van der Waals surface area (Å²) >= 11 is 9.69. The highest BCUT2D eigenvalue weighted by atomic mass is 79.9. The van der Waals surface area contributed by atoms with Crippen molar-refractivity contribution in [3.63, 3.8) is 0 Å². The van der Waals surface area contributed by atoms with Gasteiger partial charge in [-0.05, 0) is 52.2 Å². The van der Waals surface area contributed by atoms with Crippen LogP contribution in [-0.2, 0) is 0 Å².